The number of hydrogen-bond donors (Lipinski definition) is 2. The fourth-order valence-corrected chi connectivity index (χ4v) is 2.44. The molecule has 1 heterocycles. The molecule has 0 saturated carbocycles. The number of rotatable bonds is 4. The van der Waals surface area contributed by atoms with Gasteiger partial charge in [-0.25, -0.2) is 0 Å². The molecule has 5 nitrogen and oxygen atoms in total. The molecule has 1 atom stereocenters. The van der Waals surface area contributed by atoms with Crippen molar-refractivity contribution in [1.29, 1.82) is 0 Å². The molecule has 0 radical (unpaired) electrons. The number of carbonyl (C=O) groups is 1. The molecule has 19 heavy (non-hydrogen) atoms. The molecule has 6 heteroatoms. The second kappa shape index (κ2) is 6.23. The molecule has 2 rings (SSSR count). The molecule has 1 amide bonds. The van der Waals surface area contributed by atoms with Gasteiger partial charge in [-0.2, -0.15) is 0 Å². The van der Waals surface area contributed by atoms with Gasteiger partial charge in [-0.1, -0.05) is 11.6 Å². The lowest BCUT2D eigenvalue weighted by atomic mass is 10.1. The maximum absolute atomic E-state index is 11.5. The lowest BCUT2D eigenvalue weighted by Gasteiger charge is -2.35. The van der Waals surface area contributed by atoms with E-state index >= 15 is 0 Å². The maximum atomic E-state index is 11.5. The fraction of sp³-hybridized carbons (Fsp3) is 0.462. The molecule has 1 aromatic carbocycles. The van der Waals surface area contributed by atoms with Gasteiger partial charge in [0, 0.05) is 30.3 Å². The van der Waals surface area contributed by atoms with Crippen LogP contribution in [-0.2, 0) is 4.74 Å². The SMILES string of the molecule is CNCC1CN(c2ccc(Cl)cc2C(N)=O)CCO1. The smallest absolute Gasteiger partial charge is 0.250 e. The van der Waals surface area contributed by atoms with Gasteiger partial charge in [-0.05, 0) is 25.2 Å². The van der Waals surface area contributed by atoms with Crippen LogP contribution in [0.25, 0.3) is 0 Å². The van der Waals surface area contributed by atoms with E-state index in [0.29, 0.717) is 17.2 Å². The Morgan fingerprint density at radius 1 is 1.63 bits per heavy atom. The van der Waals surface area contributed by atoms with Gasteiger partial charge in [-0.3, -0.25) is 4.79 Å². The highest BCUT2D eigenvalue weighted by molar-refractivity contribution is 6.31. The third-order valence-electron chi connectivity index (χ3n) is 3.14. The van der Waals surface area contributed by atoms with Gasteiger partial charge in [0.25, 0.3) is 5.91 Å². The van der Waals surface area contributed by atoms with E-state index in [4.69, 9.17) is 22.1 Å². The minimum Gasteiger partial charge on any atom is -0.373 e. The molecule has 0 aromatic heterocycles. The van der Waals surface area contributed by atoms with Crippen LogP contribution in [0.4, 0.5) is 5.69 Å². The Balaban J connectivity index is 2.23. The van der Waals surface area contributed by atoms with Crippen molar-refractivity contribution in [3.05, 3.63) is 28.8 Å². The van der Waals surface area contributed by atoms with E-state index in [1.54, 1.807) is 12.1 Å². The lowest BCUT2D eigenvalue weighted by Crippen LogP contribution is -2.46. The van der Waals surface area contributed by atoms with E-state index in [-0.39, 0.29) is 6.10 Å². The number of carbonyl (C=O) groups excluding carboxylic acids is 1. The summed E-state index contributed by atoms with van der Waals surface area (Å²) in [5, 5.41) is 3.60. The van der Waals surface area contributed by atoms with Crippen LogP contribution >= 0.6 is 11.6 Å². The number of anilines is 1. The molecule has 0 aliphatic carbocycles. The zero-order valence-electron chi connectivity index (χ0n) is 10.9. The first-order valence-corrected chi connectivity index (χ1v) is 6.60. The van der Waals surface area contributed by atoms with Gasteiger partial charge >= 0.3 is 0 Å². The number of primary amides is 1. The summed E-state index contributed by atoms with van der Waals surface area (Å²) < 4.78 is 5.65. The summed E-state index contributed by atoms with van der Waals surface area (Å²) >= 11 is 5.92. The highest BCUT2D eigenvalue weighted by Crippen LogP contribution is 2.25. The first kappa shape index (κ1) is 14.1. The van der Waals surface area contributed by atoms with Crippen molar-refractivity contribution in [3.8, 4) is 0 Å². The summed E-state index contributed by atoms with van der Waals surface area (Å²) in [5.74, 6) is -0.464. The largest absolute Gasteiger partial charge is 0.373 e. The lowest BCUT2D eigenvalue weighted by molar-refractivity contribution is 0.0421. The van der Waals surface area contributed by atoms with Crippen molar-refractivity contribution < 1.29 is 9.53 Å². The normalized spacial score (nSPS) is 19.5. The Bertz CT molecular complexity index is 465. The highest BCUT2D eigenvalue weighted by atomic mass is 35.5. The van der Waals surface area contributed by atoms with Crippen molar-refractivity contribution in [2.75, 3.05) is 38.2 Å². The minimum atomic E-state index is -0.464. The number of likely N-dealkylation sites (N-methyl/N-ethyl adjacent to an activating group) is 1. The molecule has 1 fully saturated rings. The number of amides is 1. The monoisotopic (exact) mass is 283 g/mol. The Morgan fingerprint density at radius 3 is 3.11 bits per heavy atom. The van der Waals surface area contributed by atoms with E-state index in [1.807, 2.05) is 13.1 Å². The summed E-state index contributed by atoms with van der Waals surface area (Å²) in [6, 6.07) is 5.22. The van der Waals surface area contributed by atoms with Crippen LogP contribution in [0.1, 0.15) is 10.4 Å². The molecule has 104 valence electrons. The third-order valence-corrected chi connectivity index (χ3v) is 3.37. The zero-order valence-corrected chi connectivity index (χ0v) is 11.6. The Kier molecular flexibility index (Phi) is 4.63. The Morgan fingerprint density at radius 2 is 2.42 bits per heavy atom. The first-order valence-electron chi connectivity index (χ1n) is 6.22. The number of nitrogens with zero attached hydrogens (tertiary/aromatic N) is 1. The quantitative estimate of drug-likeness (QED) is 0.860. The number of nitrogens with two attached hydrogens (primary N) is 1. The molecule has 0 spiro atoms. The fourth-order valence-electron chi connectivity index (χ4n) is 2.27. The number of benzene rings is 1. The number of ether oxygens (including phenoxy) is 1. The molecule has 0 bridgehead atoms. The van der Waals surface area contributed by atoms with Crippen molar-refractivity contribution in [3.63, 3.8) is 0 Å². The number of halogens is 1. The first-order chi connectivity index (χ1) is 9.11. The standard InChI is InChI=1S/C13H18ClN3O2/c1-16-7-10-8-17(4-5-19-10)12-3-2-9(14)6-11(12)13(15)18/h2-3,6,10,16H,4-5,7-8H2,1H3,(H2,15,18). The Labute approximate surface area is 117 Å². The van der Waals surface area contributed by atoms with Gasteiger partial charge in [0.1, 0.15) is 0 Å². The number of morpholine rings is 1. The van der Waals surface area contributed by atoms with Crippen molar-refractivity contribution in [1.82, 2.24) is 5.32 Å². The average Bonchev–Trinajstić information content (AvgIpc) is 2.39. The molecule has 3 N–H and O–H groups in total. The molecule has 1 aliphatic heterocycles. The Hall–Kier alpha value is -1.30. The highest BCUT2D eigenvalue weighted by Gasteiger charge is 2.23. The minimum absolute atomic E-state index is 0.107. The summed E-state index contributed by atoms with van der Waals surface area (Å²) in [6.45, 7) is 2.87. The van der Waals surface area contributed by atoms with Crippen LogP contribution in [-0.4, -0.2) is 45.3 Å². The van der Waals surface area contributed by atoms with E-state index in [0.717, 1.165) is 25.3 Å². The van der Waals surface area contributed by atoms with Crippen molar-refractivity contribution in [2.45, 2.75) is 6.10 Å². The third kappa shape index (κ3) is 3.37. The number of hydrogen-bond acceptors (Lipinski definition) is 4. The predicted octanol–water partition coefficient (Wildman–Crippen LogP) is 0.863. The van der Waals surface area contributed by atoms with Gasteiger partial charge in [0.2, 0.25) is 0 Å². The van der Waals surface area contributed by atoms with Crippen LogP contribution in [0.2, 0.25) is 5.02 Å². The van der Waals surface area contributed by atoms with Crippen molar-refractivity contribution >= 4 is 23.2 Å². The van der Waals surface area contributed by atoms with Crippen LogP contribution in [0.15, 0.2) is 18.2 Å². The molecule has 1 aliphatic rings. The second-order valence-electron chi connectivity index (χ2n) is 4.52. The predicted molar refractivity (Wildman–Crippen MR) is 75.8 cm³/mol. The number of nitrogens with one attached hydrogen (secondary N) is 1. The van der Waals surface area contributed by atoms with E-state index < -0.39 is 5.91 Å². The maximum Gasteiger partial charge on any atom is 0.250 e. The molecular weight excluding hydrogens is 266 g/mol. The van der Waals surface area contributed by atoms with Crippen LogP contribution in [0, 0.1) is 0 Å². The van der Waals surface area contributed by atoms with Crippen LogP contribution in [0.5, 0.6) is 0 Å². The molecule has 1 saturated heterocycles. The van der Waals surface area contributed by atoms with Gasteiger partial charge in [-0.15, -0.1) is 0 Å². The van der Waals surface area contributed by atoms with E-state index in [1.165, 1.54) is 0 Å². The van der Waals surface area contributed by atoms with E-state index in [9.17, 15) is 4.79 Å². The average molecular weight is 284 g/mol. The van der Waals surface area contributed by atoms with Gasteiger partial charge < -0.3 is 20.7 Å². The van der Waals surface area contributed by atoms with E-state index in [2.05, 4.69) is 10.2 Å². The summed E-state index contributed by atoms with van der Waals surface area (Å²) in [5.41, 5.74) is 6.69. The summed E-state index contributed by atoms with van der Waals surface area (Å²) in [7, 11) is 1.89. The topological polar surface area (TPSA) is 67.6 Å². The summed E-state index contributed by atoms with van der Waals surface area (Å²) in [4.78, 5) is 13.6. The molecular formula is C13H18ClN3O2. The molecule has 1 aromatic rings. The summed E-state index contributed by atoms with van der Waals surface area (Å²) in [6.07, 6.45) is 0.107. The zero-order chi connectivity index (χ0) is 13.8. The molecule has 1 unspecified atom stereocenters. The van der Waals surface area contributed by atoms with Crippen LogP contribution < -0.4 is 16.0 Å². The van der Waals surface area contributed by atoms with Gasteiger partial charge in [0.15, 0.2) is 0 Å². The van der Waals surface area contributed by atoms with Gasteiger partial charge in [0.05, 0.1) is 18.3 Å². The van der Waals surface area contributed by atoms with Crippen molar-refractivity contribution in [2.24, 2.45) is 5.73 Å². The second-order valence-corrected chi connectivity index (χ2v) is 4.96. The van der Waals surface area contributed by atoms with Crippen LogP contribution in [0.3, 0.4) is 0 Å².